The molecule has 1 saturated carbocycles. The molecule has 1 N–H and O–H groups in total. The molecule has 3 aliphatic rings. The van der Waals surface area contributed by atoms with Crippen molar-refractivity contribution in [2.45, 2.75) is 26.3 Å². The number of thiazole rings is 1. The summed E-state index contributed by atoms with van der Waals surface area (Å²) in [7, 11) is 0. The van der Waals surface area contributed by atoms with Gasteiger partial charge in [0.05, 0.1) is 15.9 Å². The smallest absolute Gasteiger partial charge is 0.274 e. The van der Waals surface area contributed by atoms with E-state index in [1.807, 2.05) is 36.9 Å². The second-order valence-electron chi connectivity index (χ2n) is 9.24. The summed E-state index contributed by atoms with van der Waals surface area (Å²) in [6.07, 6.45) is 1.11. The van der Waals surface area contributed by atoms with Gasteiger partial charge >= 0.3 is 0 Å². The first-order valence-corrected chi connectivity index (χ1v) is 12.3. The highest BCUT2D eigenvalue weighted by Crippen LogP contribution is 2.50. The fourth-order valence-corrected chi connectivity index (χ4v) is 6.00. The average Bonchev–Trinajstić information content (AvgIpc) is 3.15. The Morgan fingerprint density at radius 3 is 2.85 bits per heavy atom. The van der Waals surface area contributed by atoms with Crippen LogP contribution in [0.5, 0.6) is 11.5 Å². The van der Waals surface area contributed by atoms with Gasteiger partial charge < -0.3 is 19.7 Å². The van der Waals surface area contributed by atoms with Crippen molar-refractivity contribution in [3.63, 3.8) is 0 Å². The number of amides is 2. The van der Waals surface area contributed by atoms with Crippen LogP contribution in [0.1, 0.15) is 37.8 Å². The third-order valence-corrected chi connectivity index (χ3v) is 7.91. The van der Waals surface area contributed by atoms with Crippen molar-refractivity contribution in [3.05, 3.63) is 64.3 Å². The molecular formula is C26H25N3O4S. The minimum absolute atomic E-state index is 0.0252. The molecule has 1 aliphatic carbocycles. The Balaban J connectivity index is 1.20. The van der Waals surface area contributed by atoms with E-state index in [-0.39, 0.29) is 24.6 Å². The monoisotopic (exact) mass is 475 g/mol. The summed E-state index contributed by atoms with van der Waals surface area (Å²) in [6, 6.07) is 13.3. The Hall–Kier alpha value is -3.39. The van der Waals surface area contributed by atoms with Crippen molar-refractivity contribution in [3.8, 4) is 21.9 Å². The van der Waals surface area contributed by atoms with E-state index in [9.17, 15) is 9.59 Å². The van der Waals surface area contributed by atoms with Gasteiger partial charge in [0.1, 0.15) is 5.69 Å². The lowest BCUT2D eigenvalue weighted by atomic mass is 10.1. The van der Waals surface area contributed by atoms with Crippen LogP contribution in [0, 0.1) is 25.7 Å². The molecule has 3 heterocycles. The number of benzene rings is 2. The third-order valence-electron chi connectivity index (χ3n) is 6.89. The molecule has 1 aromatic heterocycles. The maximum atomic E-state index is 13.7. The Morgan fingerprint density at radius 2 is 2.00 bits per heavy atom. The first kappa shape index (κ1) is 21.2. The fourth-order valence-electron chi connectivity index (χ4n) is 5.09. The highest BCUT2D eigenvalue weighted by Gasteiger charge is 2.54. The number of nitrogens with one attached hydrogen (secondary N) is 1. The van der Waals surface area contributed by atoms with Crippen LogP contribution in [0.3, 0.4) is 0 Å². The van der Waals surface area contributed by atoms with Crippen molar-refractivity contribution < 1.29 is 19.1 Å². The molecule has 1 saturated heterocycles. The van der Waals surface area contributed by atoms with Crippen molar-refractivity contribution in [1.29, 1.82) is 0 Å². The molecule has 0 bridgehead atoms. The van der Waals surface area contributed by atoms with Gasteiger partial charge in [-0.15, -0.1) is 11.3 Å². The molecule has 0 spiro atoms. The Bertz CT molecular complexity index is 1300. The number of carbonyl (C=O) groups is 2. The van der Waals surface area contributed by atoms with Crippen LogP contribution < -0.4 is 14.8 Å². The summed E-state index contributed by atoms with van der Waals surface area (Å²) in [5.41, 5.74) is 3.20. The van der Waals surface area contributed by atoms with Crippen LogP contribution in [0.4, 0.5) is 0 Å². The molecule has 8 heteroatoms. The van der Waals surface area contributed by atoms with E-state index < -0.39 is 0 Å². The lowest BCUT2D eigenvalue weighted by Crippen LogP contribution is -2.45. The highest BCUT2D eigenvalue weighted by molar-refractivity contribution is 7.15. The largest absolute Gasteiger partial charge is 0.454 e. The fraction of sp³-hybridized carbons (Fsp3) is 0.346. The number of piperidine rings is 1. The molecule has 2 aromatic carbocycles. The quantitative estimate of drug-likeness (QED) is 0.602. The second-order valence-corrected chi connectivity index (χ2v) is 10.4. The molecule has 174 valence electrons. The van der Waals surface area contributed by atoms with Crippen molar-refractivity contribution in [2.24, 2.45) is 11.8 Å². The number of nitrogens with zero attached hydrogens (tertiary/aromatic N) is 2. The minimum Gasteiger partial charge on any atom is -0.454 e. The minimum atomic E-state index is -0.181. The van der Waals surface area contributed by atoms with Gasteiger partial charge in [-0.3, -0.25) is 9.59 Å². The summed E-state index contributed by atoms with van der Waals surface area (Å²) < 4.78 is 10.7. The molecule has 0 unspecified atom stereocenters. The number of likely N-dealkylation sites (tertiary alicyclic amines) is 1. The van der Waals surface area contributed by atoms with Gasteiger partial charge in [-0.2, -0.15) is 0 Å². The van der Waals surface area contributed by atoms with Gasteiger partial charge in [0, 0.05) is 18.7 Å². The van der Waals surface area contributed by atoms with E-state index in [0.29, 0.717) is 41.1 Å². The highest BCUT2D eigenvalue weighted by atomic mass is 32.1. The van der Waals surface area contributed by atoms with E-state index in [0.717, 1.165) is 34.0 Å². The van der Waals surface area contributed by atoms with E-state index >= 15 is 0 Å². The topological polar surface area (TPSA) is 80.8 Å². The summed E-state index contributed by atoms with van der Waals surface area (Å²) in [6.45, 7) is 5.29. The van der Waals surface area contributed by atoms with Gasteiger partial charge in [0.15, 0.2) is 11.5 Å². The Kier molecular flexibility index (Phi) is 5.06. The van der Waals surface area contributed by atoms with E-state index in [2.05, 4.69) is 16.4 Å². The summed E-state index contributed by atoms with van der Waals surface area (Å²) in [4.78, 5) is 34.0. The first-order valence-electron chi connectivity index (χ1n) is 11.5. The zero-order valence-electron chi connectivity index (χ0n) is 19.0. The van der Waals surface area contributed by atoms with Gasteiger partial charge in [0.25, 0.3) is 11.8 Å². The van der Waals surface area contributed by atoms with Crippen LogP contribution in [-0.4, -0.2) is 47.6 Å². The molecule has 2 fully saturated rings. The van der Waals surface area contributed by atoms with Gasteiger partial charge in [0.2, 0.25) is 6.79 Å². The van der Waals surface area contributed by atoms with E-state index in [4.69, 9.17) is 9.47 Å². The van der Waals surface area contributed by atoms with Crippen LogP contribution in [0.25, 0.3) is 10.4 Å². The van der Waals surface area contributed by atoms with Crippen LogP contribution in [-0.2, 0) is 0 Å². The van der Waals surface area contributed by atoms with E-state index in [1.165, 1.54) is 0 Å². The molecule has 34 heavy (non-hydrogen) atoms. The van der Waals surface area contributed by atoms with Crippen LogP contribution in [0.15, 0.2) is 42.5 Å². The average molecular weight is 476 g/mol. The zero-order valence-corrected chi connectivity index (χ0v) is 19.9. The zero-order chi connectivity index (χ0) is 23.4. The molecule has 6 rings (SSSR count). The third kappa shape index (κ3) is 3.72. The van der Waals surface area contributed by atoms with Crippen molar-refractivity contribution >= 4 is 23.2 Å². The summed E-state index contributed by atoms with van der Waals surface area (Å²) >= 11 is 1.55. The number of hydrogen-bond acceptors (Lipinski definition) is 6. The van der Waals surface area contributed by atoms with Gasteiger partial charge in [-0.25, -0.2) is 4.98 Å². The number of rotatable bonds is 5. The molecule has 3 atom stereocenters. The van der Waals surface area contributed by atoms with Crippen LogP contribution >= 0.6 is 11.3 Å². The number of carbonyl (C=O) groups excluding carboxylic acids is 2. The Labute approximate surface area is 201 Å². The molecule has 2 amide bonds. The number of fused-ring (bicyclic) bond motifs is 2. The molecule has 0 radical (unpaired) electrons. The molecule has 3 aromatic rings. The normalized spacial score (nSPS) is 21.9. The number of ether oxygens (including phenoxy) is 2. The predicted octanol–water partition coefficient (Wildman–Crippen LogP) is 4.05. The number of aromatic nitrogens is 1. The van der Waals surface area contributed by atoms with Gasteiger partial charge in [-0.05, 0) is 55.9 Å². The summed E-state index contributed by atoms with van der Waals surface area (Å²) in [5.74, 6) is 1.94. The SMILES string of the molecule is Cc1cccc(-c2sc(C)nc2C(=O)N2C[C@H]3C[C@H]3[C@H]2CNC(=O)c2ccc3c(c2)OCO3)c1. The number of aryl methyl sites for hydroxylation is 2. The maximum Gasteiger partial charge on any atom is 0.274 e. The Morgan fingerprint density at radius 1 is 1.15 bits per heavy atom. The first-order chi connectivity index (χ1) is 16.5. The lowest BCUT2D eigenvalue weighted by Gasteiger charge is -2.27. The predicted molar refractivity (Wildman–Crippen MR) is 128 cm³/mol. The molecular weight excluding hydrogens is 450 g/mol. The lowest BCUT2D eigenvalue weighted by molar-refractivity contribution is 0.0690. The molecule has 2 aliphatic heterocycles. The maximum absolute atomic E-state index is 13.7. The van der Waals surface area contributed by atoms with Crippen LogP contribution in [0.2, 0.25) is 0 Å². The van der Waals surface area contributed by atoms with Crippen molar-refractivity contribution in [1.82, 2.24) is 15.2 Å². The van der Waals surface area contributed by atoms with E-state index in [1.54, 1.807) is 29.5 Å². The second kappa shape index (κ2) is 8.13. The number of hydrogen-bond donors (Lipinski definition) is 1. The summed E-state index contributed by atoms with van der Waals surface area (Å²) in [5, 5.41) is 3.91. The van der Waals surface area contributed by atoms with Gasteiger partial charge in [-0.1, -0.05) is 29.8 Å². The van der Waals surface area contributed by atoms with Crippen molar-refractivity contribution in [2.75, 3.05) is 19.9 Å². The standard InChI is InChI=1S/C26H25N3O4S/c1-14-4-3-5-16(8-14)24-23(28-15(2)34-24)26(31)29-12-18-9-19(18)20(29)11-27-25(30)17-6-7-21-22(10-17)33-13-32-21/h3-8,10,18-20H,9,11-13H2,1-2H3,(H,27,30)/t18-,19-,20-/m1/s1. The molecule has 7 nitrogen and oxygen atoms in total.